The number of hydrogen-bond donors (Lipinski definition) is 0. The maximum absolute atomic E-state index is 12.5. The summed E-state index contributed by atoms with van der Waals surface area (Å²) in [5, 5.41) is 0. The summed E-state index contributed by atoms with van der Waals surface area (Å²) in [5.41, 5.74) is 1.94. The predicted molar refractivity (Wildman–Crippen MR) is 77.2 cm³/mol. The Bertz CT molecular complexity index is 610. The molecule has 0 aliphatic rings. The Hall–Kier alpha value is -2.23. The van der Waals surface area contributed by atoms with E-state index in [2.05, 4.69) is 6.58 Å². The zero-order valence-electron chi connectivity index (χ0n) is 11.6. The molecule has 21 heavy (non-hydrogen) atoms. The van der Waals surface area contributed by atoms with Crippen LogP contribution < -0.4 is 4.74 Å². The fourth-order valence-electron chi connectivity index (χ4n) is 1.99. The Balaban J connectivity index is 2.08. The van der Waals surface area contributed by atoms with E-state index in [-0.39, 0.29) is 0 Å². The van der Waals surface area contributed by atoms with E-state index in [1.807, 2.05) is 24.3 Å². The molecule has 0 N–H and O–H groups in total. The van der Waals surface area contributed by atoms with E-state index in [4.69, 9.17) is 4.74 Å². The minimum atomic E-state index is -4.30. The van der Waals surface area contributed by atoms with E-state index >= 15 is 0 Å². The molecule has 0 atom stereocenters. The summed E-state index contributed by atoms with van der Waals surface area (Å²) >= 11 is 0. The van der Waals surface area contributed by atoms with Crippen molar-refractivity contribution in [3.05, 3.63) is 71.8 Å². The predicted octanol–water partition coefficient (Wildman–Crippen LogP) is 4.97. The zero-order valence-corrected chi connectivity index (χ0v) is 11.6. The van der Waals surface area contributed by atoms with Crippen LogP contribution in [0.1, 0.15) is 16.7 Å². The molecule has 0 heterocycles. The van der Waals surface area contributed by atoms with Crippen LogP contribution in [0.15, 0.2) is 55.1 Å². The summed E-state index contributed by atoms with van der Waals surface area (Å²) in [6.07, 6.45) is -3.80. The molecule has 0 radical (unpaired) electrons. The van der Waals surface area contributed by atoms with Crippen LogP contribution >= 0.6 is 0 Å². The maximum Gasteiger partial charge on any atom is 0.416 e. The third-order valence-electron chi connectivity index (χ3n) is 3.20. The number of benzene rings is 2. The van der Waals surface area contributed by atoms with Crippen LogP contribution in [0.25, 0.3) is 5.57 Å². The van der Waals surface area contributed by atoms with Gasteiger partial charge in [-0.15, -0.1) is 0 Å². The molecule has 0 saturated heterocycles. The van der Waals surface area contributed by atoms with E-state index in [0.29, 0.717) is 6.42 Å². The molecule has 0 amide bonds. The molecule has 0 saturated carbocycles. The lowest BCUT2D eigenvalue weighted by molar-refractivity contribution is -0.137. The Labute approximate surface area is 121 Å². The zero-order chi connectivity index (χ0) is 15.5. The van der Waals surface area contributed by atoms with Crippen molar-refractivity contribution in [2.75, 3.05) is 7.11 Å². The monoisotopic (exact) mass is 292 g/mol. The lowest BCUT2D eigenvalue weighted by Crippen LogP contribution is -2.04. The summed E-state index contributed by atoms with van der Waals surface area (Å²) < 4.78 is 42.5. The summed E-state index contributed by atoms with van der Waals surface area (Å²) in [4.78, 5) is 0. The van der Waals surface area contributed by atoms with Crippen LogP contribution in [-0.2, 0) is 12.6 Å². The Kier molecular flexibility index (Phi) is 4.36. The molecule has 0 bridgehead atoms. The second kappa shape index (κ2) is 6.04. The summed E-state index contributed by atoms with van der Waals surface area (Å²) in [6.45, 7) is 3.98. The molecule has 0 spiro atoms. The maximum atomic E-state index is 12.5. The normalized spacial score (nSPS) is 11.2. The highest BCUT2D eigenvalue weighted by molar-refractivity contribution is 5.66. The first-order valence-electron chi connectivity index (χ1n) is 6.38. The van der Waals surface area contributed by atoms with Crippen LogP contribution in [-0.4, -0.2) is 7.11 Å². The Morgan fingerprint density at radius 2 is 1.57 bits per heavy atom. The fourth-order valence-corrected chi connectivity index (χ4v) is 1.99. The molecule has 110 valence electrons. The van der Waals surface area contributed by atoms with Crippen molar-refractivity contribution in [3.63, 3.8) is 0 Å². The first-order chi connectivity index (χ1) is 9.90. The van der Waals surface area contributed by atoms with Crippen molar-refractivity contribution < 1.29 is 17.9 Å². The number of halogens is 3. The van der Waals surface area contributed by atoms with Crippen LogP contribution in [0.5, 0.6) is 5.75 Å². The van der Waals surface area contributed by atoms with Crippen LogP contribution in [0, 0.1) is 0 Å². The SMILES string of the molecule is C=C(Cc1ccc(C(F)(F)F)cc1)c1ccc(OC)cc1. The number of ether oxygens (including phenoxy) is 1. The number of alkyl halides is 3. The highest BCUT2D eigenvalue weighted by Gasteiger charge is 2.29. The van der Waals surface area contributed by atoms with Gasteiger partial charge in [-0.25, -0.2) is 0 Å². The lowest BCUT2D eigenvalue weighted by atomic mass is 9.99. The van der Waals surface area contributed by atoms with Crippen LogP contribution in [0.2, 0.25) is 0 Å². The average Bonchev–Trinajstić information content (AvgIpc) is 2.47. The molecule has 1 nitrogen and oxygen atoms in total. The molecular formula is C17H15F3O. The van der Waals surface area contributed by atoms with E-state index in [0.717, 1.165) is 34.6 Å². The van der Waals surface area contributed by atoms with E-state index in [9.17, 15) is 13.2 Å². The van der Waals surface area contributed by atoms with Gasteiger partial charge in [0, 0.05) is 0 Å². The lowest BCUT2D eigenvalue weighted by Gasteiger charge is -2.10. The van der Waals surface area contributed by atoms with Gasteiger partial charge >= 0.3 is 6.18 Å². The third-order valence-corrected chi connectivity index (χ3v) is 3.20. The van der Waals surface area contributed by atoms with Crippen LogP contribution in [0.3, 0.4) is 0 Å². The standard InChI is InChI=1S/C17H15F3O/c1-12(14-5-9-16(21-2)10-6-14)11-13-3-7-15(8-4-13)17(18,19)20/h3-10H,1,11H2,2H3. The first kappa shape index (κ1) is 15.2. The molecule has 2 rings (SSSR count). The van der Waals surface area contributed by atoms with E-state index in [1.54, 1.807) is 7.11 Å². The molecule has 2 aromatic carbocycles. The van der Waals surface area contributed by atoms with Gasteiger partial charge in [0.1, 0.15) is 5.75 Å². The molecule has 0 fully saturated rings. The molecule has 4 heteroatoms. The van der Waals surface area contributed by atoms with Crippen molar-refractivity contribution >= 4 is 5.57 Å². The van der Waals surface area contributed by atoms with Crippen molar-refractivity contribution in [2.24, 2.45) is 0 Å². The highest BCUT2D eigenvalue weighted by atomic mass is 19.4. The van der Waals surface area contributed by atoms with Gasteiger partial charge in [-0.2, -0.15) is 13.2 Å². The van der Waals surface area contributed by atoms with Crippen molar-refractivity contribution in [1.29, 1.82) is 0 Å². The van der Waals surface area contributed by atoms with Gasteiger partial charge in [-0.3, -0.25) is 0 Å². The van der Waals surface area contributed by atoms with Crippen molar-refractivity contribution in [2.45, 2.75) is 12.6 Å². The van der Waals surface area contributed by atoms with E-state index in [1.165, 1.54) is 12.1 Å². The summed E-state index contributed by atoms with van der Waals surface area (Å²) in [7, 11) is 1.59. The quantitative estimate of drug-likeness (QED) is 0.773. The number of hydrogen-bond acceptors (Lipinski definition) is 1. The summed E-state index contributed by atoms with van der Waals surface area (Å²) in [6, 6.07) is 12.6. The van der Waals surface area contributed by atoms with Crippen molar-refractivity contribution in [3.8, 4) is 5.75 Å². The minimum absolute atomic E-state index is 0.504. The number of methoxy groups -OCH3 is 1. The van der Waals surface area contributed by atoms with Gasteiger partial charge in [-0.05, 0) is 47.4 Å². The molecule has 2 aromatic rings. The number of rotatable bonds is 4. The minimum Gasteiger partial charge on any atom is -0.497 e. The Morgan fingerprint density at radius 1 is 1.00 bits per heavy atom. The van der Waals surface area contributed by atoms with Gasteiger partial charge in [0.15, 0.2) is 0 Å². The fraction of sp³-hybridized carbons (Fsp3) is 0.176. The topological polar surface area (TPSA) is 9.23 Å². The van der Waals surface area contributed by atoms with Crippen LogP contribution in [0.4, 0.5) is 13.2 Å². The van der Waals surface area contributed by atoms with Gasteiger partial charge in [-0.1, -0.05) is 30.8 Å². The molecule has 0 aromatic heterocycles. The number of allylic oxidation sites excluding steroid dienone is 1. The summed E-state index contributed by atoms with van der Waals surface area (Å²) in [5.74, 6) is 0.751. The molecule has 0 aliphatic carbocycles. The van der Waals surface area contributed by atoms with Crippen molar-refractivity contribution in [1.82, 2.24) is 0 Å². The third kappa shape index (κ3) is 3.88. The highest BCUT2D eigenvalue weighted by Crippen LogP contribution is 2.29. The Morgan fingerprint density at radius 3 is 2.05 bits per heavy atom. The largest absolute Gasteiger partial charge is 0.497 e. The van der Waals surface area contributed by atoms with E-state index < -0.39 is 11.7 Å². The smallest absolute Gasteiger partial charge is 0.416 e. The first-order valence-corrected chi connectivity index (χ1v) is 6.38. The molecular weight excluding hydrogens is 277 g/mol. The van der Waals surface area contributed by atoms with Gasteiger partial charge < -0.3 is 4.74 Å². The molecule has 0 aliphatic heterocycles. The van der Waals surface area contributed by atoms with Gasteiger partial charge in [0.25, 0.3) is 0 Å². The second-order valence-corrected chi connectivity index (χ2v) is 4.70. The van der Waals surface area contributed by atoms with Gasteiger partial charge in [0.05, 0.1) is 12.7 Å². The molecule has 0 unspecified atom stereocenters. The average molecular weight is 292 g/mol. The second-order valence-electron chi connectivity index (χ2n) is 4.70. The van der Waals surface area contributed by atoms with Gasteiger partial charge in [0.2, 0.25) is 0 Å².